The molecule has 2 rings (SSSR count). The number of carbonyl (C=O) groups excluding carboxylic acids is 1. The minimum absolute atomic E-state index is 0.459. The third kappa shape index (κ3) is 2.85. The molecule has 2 aromatic rings. The summed E-state index contributed by atoms with van der Waals surface area (Å²) in [7, 11) is 3.41. The van der Waals surface area contributed by atoms with E-state index < -0.39 is 11.9 Å². The Morgan fingerprint density at radius 1 is 1.42 bits per heavy atom. The van der Waals surface area contributed by atoms with Crippen molar-refractivity contribution < 1.29 is 9.53 Å². The third-order valence-electron chi connectivity index (χ3n) is 2.84. The van der Waals surface area contributed by atoms with E-state index in [2.05, 4.69) is 10.3 Å². The number of methoxy groups -OCH3 is 1. The van der Waals surface area contributed by atoms with Crippen LogP contribution in [-0.2, 0) is 11.8 Å². The molecule has 1 aromatic carbocycles. The largest absolute Gasteiger partial charge is 0.497 e. The molecule has 1 aromatic heterocycles. The molecule has 0 radical (unpaired) electrons. The Kier molecular flexibility index (Phi) is 3.70. The van der Waals surface area contributed by atoms with Crippen LogP contribution in [0.5, 0.6) is 5.75 Å². The number of aromatic nitrogens is 2. The molecule has 1 unspecified atom stereocenters. The smallest absolute Gasteiger partial charge is 0.246 e. The Labute approximate surface area is 111 Å². The minimum atomic E-state index is -0.624. The average molecular weight is 260 g/mol. The molecule has 1 amide bonds. The average Bonchev–Trinajstić information content (AvgIpc) is 2.82. The van der Waals surface area contributed by atoms with Crippen LogP contribution in [0.25, 0.3) is 0 Å². The maximum absolute atomic E-state index is 11.6. The number of aryl methyl sites for hydroxylation is 1. The molecule has 0 bridgehead atoms. The van der Waals surface area contributed by atoms with E-state index in [0.29, 0.717) is 5.69 Å². The van der Waals surface area contributed by atoms with Gasteiger partial charge in [0.25, 0.3) is 0 Å². The Morgan fingerprint density at radius 3 is 2.58 bits per heavy atom. The second-order valence-corrected chi connectivity index (χ2v) is 4.14. The normalized spacial score (nSPS) is 11.9. The lowest BCUT2D eigenvalue weighted by Gasteiger charge is -2.17. The number of hydrogen-bond donors (Lipinski definition) is 2. The lowest BCUT2D eigenvalue weighted by atomic mass is 10.2. The summed E-state index contributed by atoms with van der Waals surface area (Å²) < 4.78 is 6.84. The van der Waals surface area contributed by atoms with Gasteiger partial charge in [-0.25, -0.2) is 4.98 Å². The van der Waals surface area contributed by atoms with Crippen molar-refractivity contribution in [3.63, 3.8) is 0 Å². The van der Waals surface area contributed by atoms with Crippen molar-refractivity contribution in [3.05, 3.63) is 42.5 Å². The Bertz CT molecular complexity index is 562. The van der Waals surface area contributed by atoms with E-state index >= 15 is 0 Å². The van der Waals surface area contributed by atoms with Crippen molar-refractivity contribution in [3.8, 4) is 5.75 Å². The lowest BCUT2D eigenvalue weighted by molar-refractivity contribution is -0.118. The van der Waals surface area contributed by atoms with Crippen molar-refractivity contribution in [2.24, 2.45) is 12.8 Å². The number of anilines is 1. The first kappa shape index (κ1) is 12.9. The van der Waals surface area contributed by atoms with E-state index in [-0.39, 0.29) is 0 Å². The van der Waals surface area contributed by atoms with Crippen LogP contribution in [0.4, 0.5) is 5.69 Å². The number of benzene rings is 1. The fourth-order valence-corrected chi connectivity index (χ4v) is 1.79. The fourth-order valence-electron chi connectivity index (χ4n) is 1.79. The van der Waals surface area contributed by atoms with E-state index in [1.165, 1.54) is 0 Å². The first-order chi connectivity index (χ1) is 9.11. The van der Waals surface area contributed by atoms with Gasteiger partial charge in [-0.05, 0) is 24.3 Å². The summed E-state index contributed by atoms with van der Waals surface area (Å²) in [6.45, 7) is 0. The maximum Gasteiger partial charge on any atom is 0.246 e. The summed E-state index contributed by atoms with van der Waals surface area (Å²) in [5.41, 5.74) is 6.93. The summed E-state index contributed by atoms with van der Waals surface area (Å²) in [4.78, 5) is 15.6. The van der Waals surface area contributed by atoms with Gasteiger partial charge in [-0.2, -0.15) is 0 Å². The van der Waals surface area contributed by atoms with E-state index in [9.17, 15) is 4.79 Å². The molecule has 0 saturated carbocycles. The van der Waals surface area contributed by atoms with Gasteiger partial charge in [0.15, 0.2) is 0 Å². The molecule has 0 fully saturated rings. The van der Waals surface area contributed by atoms with Crippen LogP contribution >= 0.6 is 0 Å². The first-order valence-electron chi connectivity index (χ1n) is 5.78. The van der Waals surface area contributed by atoms with Crippen LogP contribution in [0.1, 0.15) is 11.7 Å². The summed E-state index contributed by atoms with van der Waals surface area (Å²) in [5, 5.41) is 3.08. The number of rotatable bonds is 5. The Morgan fingerprint density at radius 2 is 2.11 bits per heavy atom. The highest BCUT2D eigenvalue weighted by atomic mass is 16.5. The molecule has 6 nitrogen and oxygen atoms in total. The Hall–Kier alpha value is -2.50. The lowest BCUT2D eigenvalue weighted by Crippen LogP contribution is -2.29. The topological polar surface area (TPSA) is 82.2 Å². The zero-order chi connectivity index (χ0) is 13.8. The summed E-state index contributed by atoms with van der Waals surface area (Å²) in [6.07, 6.45) is 3.24. The van der Waals surface area contributed by atoms with Crippen LogP contribution in [-0.4, -0.2) is 22.6 Å². The number of amides is 1. The SMILES string of the molecule is COc1ccc(NC(C(N)=O)c2cncn2C)cc1. The predicted molar refractivity (Wildman–Crippen MR) is 71.8 cm³/mol. The molecule has 0 saturated heterocycles. The molecule has 0 aliphatic rings. The van der Waals surface area contributed by atoms with Crippen LogP contribution in [0, 0.1) is 0 Å². The van der Waals surface area contributed by atoms with Crippen molar-refractivity contribution in [2.75, 3.05) is 12.4 Å². The van der Waals surface area contributed by atoms with Crippen LogP contribution in [0.2, 0.25) is 0 Å². The molecule has 0 spiro atoms. The highest BCUT2D eigenvalue weighted by Gasteiger charge is 2.20. The molecule has 100 valence electrons. The molecule has 0 aliphatic heterocycles. The molecule has 1 heterocycles. The van der Waals surface area contributed by atoms with Gasteiger partial charge < -0.3 is 20.4 Å². The molecular weight excluding hydrogens is 244 g/mol. The van der Waals surface area contributed by atoms with Crippen LogP contribution in [0.15, 0.2) is 36.8 Å². The van der Waals surface area contributed by atoms with Gasteiger partial charge >= 0.3 is 0 Å². The van der Waals surface area contributed by atoms with E-state index in [0.717, 1.165) is 11.4 Å². The first-order valence-corrected chi connectivity index (χ1v) is 5.78. The zero-order valence-corrected chi connectivity index (χ0v) is 10.8. The number of carbonyl (C=O) groups is 1. The summed E-state index contributed by atoms with van der Waals surface area (Å²) in [5.74, 6) is 0.293. The van der Waals surface area contributed by atoms with E-state index in [4.69, 9.17) is 10.5 Å². The number of nitrogens with two attached hydrogens (primary N) is 1. The minimum Gasteiger partial charge on any atom is -0.497 e. The van der Waals surface area contributed by atoms with Crippen LogP contribution in [0.3, 0.4) is 0 Å². The van der Waals surface area contributed by atoms with Crippen molar-refractivity contribution in [2.45, 2.75) is 6.04 Å². The van der Waals surface area contributed by atoms with E-state index in [1.807, 2.05) is 31.3 Å². The van der Waals surface area contributed by atoms with Crippen molar-refractivity contribution >= 4 is 11.6 Å². The van der Waals surface area contributed by atoms with Crippen molar-refractivity contribution in [1.29, 1.82) is 0 Å². The zero-order valence-electron chi connectivity index (χ0n) is 10.8. The highest BCUT2D eigenvalue weighted by molar-refractivity contribution is 5.84. The monoisotopic (exact) mass is 260 g/mol. The standard InChI is InChI=1S/C13H16N4O2/c1-17-8-15-7-11(17)12(13(14)18)16-9-3-5-10(19-2)6-4-9/h3-8,12,16H,1-2H3,(H2,14,18). The summed E-state index contributed by atoms with van der Waals surface area (Å²) in [6, 6.07) is 6.64. The van der Waals surface area contributed by atoms with Crippen molar-refractivity contribution in [1.82, 2.24) is 9.55 Å². The predicted octanol–water partition coefficient (Wildman–Crippen LogP) is 1.07. The number of imidazole rings is 1. The van der Waals surface area contributed by atoms with Gasteiger partial charge in [-0.3, -0.25) is 4.79 Å². The molecule has 0 aliphatic carbocycles. The third-order valence-corrected chi connectivity index (χ3v) is 2.84. The molecule has 6 heteroatoms. The molecule has 1 atom stereocenters. The number of primary amides is 1. The fraction of sp³-hybridized carbons (Fsp3) is 0.231. The second-order valence-electron chi connectivity index (χ2n) is 4.14. The van der Waals surface area contributed by atoms with Gasteiger partial charge in [0.1, 0.15) is 11.8 Å². The van der Waals surface area contributed by atoms with E-state index in [1.54, 1.807) is 24.2 Å². The molecule has 19 heavy (non-hydrogen) atoms. The quantitative estimate of drug-likeness (QED) is 0.842. The summed E-state index contributed by atoms with van der Waals surface area (Å²) >= 11 is 0. The van der Waals surface area contributed by atoms with Crippen LogP contribution < -0.4 is 15.8 Å². The van der Waals surface area contributed by atoms with Gasteiger partial charge in [-0.1, -0.05) is 0 Å². The number of nitrogens with one attached hydrogen (secondary N) is 1. The molecular formula is C13H16N4O2. The number of hydrogen-bond acceptors (Lipinski definition) is 4. The van der Waals surface area contributed by atoms with Gasteiger partial charge in [0.05, 0.1) is 25.3 Å². The maximum atomic E-state index is 11.6. The second kappa shape index (κ2) is 5.43. The van der Waals surface area contributed by atoms with Gasteiger partial charge in [-0.15, -0.1) is 0 Å². The molecule has 3 N–H and O–H groups in total. The van der Waals surface area contributed by atoms with Gasteiger partial charge in [0.2, 0.25) is 5.91 Å². The number of nitrogens with zero attached hydrogens (tertiary/aromatic N) is 2. The van der Waals surface area contributed by atoms with Gasteiger partial charge in [0, 0.05) is 12.7 Å². The number of ether oxygens (including phenoxy) is 1. The highest BCUT2D eigenvalue weighted by Crippen LogP contribution is 2.21. The Balaban J connectivity index is 2.21.